The van der Waals surface area contributed by atoms with Crippen molar-refractivity contribution in [1.29, 1.82) is 0 Å². The largest absolute Gasteiger partial charge is 0.491 e. The molecule has 1 aliphatic rings. The van der Waals surface area contributed by atoms with Gasteiger partial charge < -0.3 is 19.9 Å². The number of ether oxygens (including phenoxy) is 1. The quantitative estimate of drug-likeness (QED) is 0.376. The van der Waals surface area contributed by atoms with Gasteiger partial charge in [0.05, 0.1) is 6.04 Å². The minimum atomic E-state index is -0.355. The van der Waals surface area contributed by atoms with E-state index < -0.39 is 0 Å². The fourth-order valence-electron chi connectivity index (χ4n) is 4.26. The molecular weight excluding hydrogens is 501 g/mol. The fraction of sp³-hybridized carbons (Fsp3) is 0.333. The number of rotatable bonds is 8. The van der Waals surface area contributed by atoms with Crippen LogP contribution in [0.25, 0.3) is 0 Å². The molecule has 4 rings (SSSR count). The fourth-order valence-corrected chi connectivity index (χ4v) is 5.38. The van der Waals surface area contributed by atoms with Gasteiger partial charge in [-0.1, -0.05) is 31.5 Å². The number of carbonyl (C=O) groups excluding carboxylic acids is 2. The Hall–Kier alpha value is -3.10. The van der Waals surface area contributed by atoms with Crippen LogP contribution in [0, 0.1) is 11.7 Å². The van der Waals surface area contributed by atoms with Crippen molar-refractivity contribution in [3.63, 3.8) is 0 Å². The molecule has 0 saturated heterocycles. The zero-order valence-corrected chi connectivity index (χ0v) is 21.8. The van der Waals surface area contributed by atoms with E-state index in [1.807, 2.05) is 25.3 Å². The van der Waals surface area contributed by atoms with Crippen LogP contribution in [0.15, 0.2) is 60.0 Å². The Labute approximate surface area is 219 Å². The number of thiophene rings is 1. The van der Waals surface area contributed by atoms with Crippen LogP contribution in [0.5, 0.6) is 5.75 Å². The summed E-state index contributed by atoms with van der Waals surface area (Å²) >= 11 is 7.72. The predicted octanol–water partition coefficient (Wildman–Crippen LogP) is 6.24. The lowest BCUT2D eigenvalue weighted by Crippen LogP contribution is -2.49. The highest BCUT2D eigenvalue weighted by Gasteiger charge is 2.33. The molecule has 0 fully saturated rings. The molecular formula is C27H29ClFN3O3S. The van der Waals surface area contributed by atoms with Gasteiger partial charge in [-0.05, 0) is 71.8 Å². The van der Waals surface area contributed by atoms with E-state index in [4.69, 9.17) is 16.3 Å². The lowest BCUT2D eigenvalue weighted by Gasteiger charge is -2.37. The molecule has 1 unspecified atom stereocenters. The van der Waals surface area contributed by atoms with E-state index in [2.05, 4.69) is 5.32 Å². The second-order valence-corrected chi connectivity index (χ2v) is 10.6. The summed E-state index contributed by atoms with van der Waals surface area (Å²) in [5.74, 6) is 0.221. The highest BCUT2D eigenvalue weighted by molar-refractivity contribution is 7.10. The van der Waals surface area contributed by atoms with Gasteiger partial charge in [-0.3, -0.25) is 4.79 Å². The molecule has 190 valence electrons. The van der Waals surface area contributed by atoms with E-state index in [9.17, 15) is 14.0 Å². The zero-order chi connectivity index (χ0) is 25.7. The van der Waals surface area contributed by atoms with E-state index in [0.717, 1.165) is 12.0 Å². The Bertz CT molecular complexity index is 1200. The second-order valence-electron chi connectivity index (χ2n) is 9.13. The van der Waals surface area contributed by atoms with Gasteiger partial charge in [-0.25, -0.2) is 9.18 Å². The molecule has 0 saturated carbocycles. The van der Waals surface area contributed by atoms with Crippen molar-refractivity contribution in [3.05, 3.63) is 81.3 Å². The average Bonchev–Trinajstić information content (AvgIpc) is 3.32. The van der Waals surface area contributed by atoms with Crippen molar-refractivity contribution in [2.75, 3.05) is 31.6 Å². The highest BCUT2D eigenvalue weighted by Crippen LogP contribution is 2.34. The Balaban J connectivity index is 1.49. The van der Waals surface area contributed by atoms with Crippen molar-refractivity contribution >= 4 is 40.6 Å². The number of fused-ring (bicyclic) bond motifs is 1. The number of urea groups is 1. The molecule has 3 aromatic rings. The Kier molecular flexibility index (Phi) is 8.48. The summed E-state index contributed by atoms with van der Waals surface area (Å²) in [4.78, 5) is 31.2. The molecule has 9 heteroatoms. The summed E-state index contributed by atoms with van der Waals surface area (Å²) in [5.41, 5.74) is 1.63. The molecule has 0 spiro atoms. The van der Waals surface area contributed by atoms with Crippen molar-refractivity contribution in [1.82, 2.24) is 9.80 Å². The van der Waals surface area contributed by atoms with E-state index in [0.29, 0.717) is 29.5 Å². The first kappa shape index (κ1) is 26.0. The minimum Gasteiger partial charge on any atom is -0.491 e. The van der Waals surface area contributed by atoms with Gasteiger partial charge in [0.25, 0.3) is 0 Å². The molecule has 1 N–H and O–H groups in total. The van der Waals surface area contributed by atoms with Crippen molar-refractivity contribution < 1.29 is 18.7 Å². The maximum absolute atomic E-state index is 13.6. The topological polar surface area (TPSA) is 61.9 Å². The number of hydrogen-bond donors (Lipinski definition) is 1. The zero-order valence-electron chi connectivity index (χ0n) is 20.2. The maximum atomic E-state index is 13.6. The van der Waals surface area contributed by atoms with E-state index in [1.54, 1.807) is 52.6 Å². The molecule has 2 aromatic carbocycles. The molecule has 1 aliphatic heterocycles. The van der Waals surface area contributed by atoms with Crippen LogP contribution in [-0.4, -0.2) is 48.0 Å². The Morgan fingerprint density at radius 2 is 2.00 bits per heavy atom. The molecule has 0 bridgehead atoms. The third-order valence-corrected chi connectivity index (χ3v) is 7.14. The van der Waals surface area contributed by atoms with Crippen LogP contribution in [0.4, 0.5) is 14.9 Å². The average molecular weight is 530 g/mol. The van der Waals surface area contributed by atoms with Crippen LogP contribution < -0.4 is 10.1 Å². The van der Waals surface area contributed by atoms with Gasteiger partial charge in [-0.2, -0.15) is 0 Å². The number of benzene rings is 2. The van der Waals surface area contributed by atoms with Crippen LogP contribution in [-0.2, 0) is 11.2 Å². The van der Waals surface area contributed by atoms with Crippen LogP contribution in [0.2, 0.25) is 5.02 Å². The summed E-state index contributed by atoms with van der Waals surface area (Å²) in [6.45, 7) is 5.14. The Morgan fingerprint density at radius 1 is 1.22 bits per heavy atom. The van der Waals surface area contributed by atoms with Gasteiger partial charge >= 0.3 is 6.03 Å². The molecule has 1 aromatic heterocycles. The number of amides is 3. The van der Waals surface area contributed by atoms with Crippen LogP contribution >= 0.6 is 22.9 Å². The highest BCUT2D eigenvalue weighted by atomic mass is 35.5. The SMILES string of the molecule is CC(C)CN(CC(=O)N1CCc2sccc2C1COc1ccc(F)cc1)C(=O)Nc1cccc(Cl)c1. The first-order valence-electron chi connectivity index (χ1n) is 11.9. The summed E-state index contributed by atoms with van der Waals surface area (Å²) in [7, 11) is 0. The molecule has 0 radical (unpaired) electrons. The first-order chi connectivity index (χ1) is 17.3. The van der Waals surface area contributed by atoms with Crippen molar-refractivity contribution in [2.24, 2.45) is 5.92 Å². The summed E-state index contributed by atoms with van der Waals surface area (Å²) in [6.07, 6.45) is 0.755. The Morgan fingerprint density at radius 3 is 2.72 bits per heavy atom. The first-order valence-corrected chi connectivity index (χ1v) is 13.1. The number of anilines is 1. The number of hydrogen-bond acceptors (Lipinski definition) is 4. The van der Waals surface area contributed by atoms with Gasteiger partial charge in [0.2, 0.25) is 5.91 Å². The standard InChI is InChI=1S/C27H29ClFN3O3S/c1-18(2)15-31(27(34)30-21-5-3-4-19(28)14-21)16-26(33)32-12-10-25-23(11-13-36-25)24(32)17-35-22-8-6-20(29)7-9-22/h3-9,11,13-14,18,24H,10,12,15-17H2,1-2H3,(H,30,34). The second kappa shape index (κ2) is 11.8. The summed E-state index contributed by atoms with van der Waals surface area (Å²) in [6, 6.07) is 14.1. The van der Waals surface area contributed by atoms with Gasteiger partial charge in [0.1, 0.15) is 24.7 Å². The van der Waals surface area contributed by atoms with Gasteiger partial charge in [-0.15, -0.1) is 11.3 Å². The lowest BCUT2D eigenvalue weighted by atomic mass is 10.0. The lowest BCUT2D eigenvalue weighted by molar-refractivity contribution is -0.135. The number of nitrogens with one attached hydrogen (secondary N) is 1. The minimum absolute atomic E-state index is 0.0584. The molecule has 6 nitrogen and oxygen atoms in total. The third kappa shape index (κ3) is 6.56. The van der Waals surface area contributed by atoms with Crippen LogP contribution in [0.1, 0.15) is 30.3 Å². The summed E-state index contributed by atoms with van der Waals surface area (Å²) < 4.78 is 19.2. The molecule has 3 amide bonds. The normalized spacial score (nSPS) is 14.9. The van der Waals surface area contributed by atoms with Gasteiger partial charge in [0, 0.05) is 28.7 Å². The van der Waals surface area contributed by atoms with Crippen molar-refractivity contribution in [3.8, 4) is 5.75 Å². The predicted molar refractivity (Wildman–Crippen MR) is 141 cm³/mol. The van der Waals surface area contributed by atoms with Gasteiger partial charge in [0.15, 0.2) is 0 Å². The smallest absolute Gasteiger partial charge is 0.322 e. The van der Waals surface area contributed by atoms with E-state index in [-0.39, 0.29) is 42.9 Å². The third-order valence-electron chi connectivity index (χ3n) is 5.91. The number of nitrogens with zero attached hydrogens (tertiary/aromatic N) is 2. The van der Waals surface area contributed by atoms with E-state index >= 15 is 0 Å². The number of carbonyl (C=O) groups is 2. The monoisotopic (exact) mass is 529 g/mol. The molecule has 1 atom stereocenters. The molecule has 0 aliphatic carbocycles. The summed E-state index contributed by atoms with van der Waals surface area (Å²) in [5, 5.41) is 5.39. The number of halogens is 2. The van der Waals surface area contributed by atoms with Crippen molar-refractivity contribution in [2.45, 2.75) is 26.3 Å². The van der Waals surface area contributed by atoms with Crippen LogP contribution in [0.3, 0.4) is 0 Å². The van der Waals surface area contributed by atoms with E-state index in [1.165, 1.54) is 21.9 Å². The molecule has 2 heterocycles. The maximum Gasteiger partial charge on any atom is 0.322 e. The molecule has 36 heavy (non-hydrogen) atoms.